The van der Waals surface area contributed by atoms with E-state index in [1.165, 1.54) is 7.11 Å². The molecule has 7 heteroatoms. The van der Waals surface area contributed by atoms with Crippen molar-refractivity contribution in [3.63, 3.8) is 0 Å². The van der Waals surface area contributed by atoms with Gasteiger partial charge in [-0.05, 0) is 24.3 Å². The number of benzene rings is 1. The van der Waals surface area contributed by atoms with Crippen molar-refractivity contribution in [2.45, 2.75) is 6.04 Å². The quantitative estimate of drug-likeness (QED) is 0.808. The second-order valence-electron chi connectivity index (χ2n) is 4.14. The number of morpholine rings is 1. The highest BCUT2D eigenvalue weighted by molar-refractivity contribution is 5.96. The van der Waals surface area contributed by atoms with Gasteiger partial charge in [-0.25, -0.2) is 4.79 Å². The Hall–Kier alpha value is -1.63. The summed E-state index contributed by atoms with van der Waals surface area (Å²) >= 11 is 0. The third kappa shape index (κ3) is 4.19. The van der Waals surface area contributed by atoms with Gasteiger partial charge in [0.05, 0.1) is 25.9 Å². The SMILES string of the molecule is COC(=O)c1ccc(NC(=O)C2COCCN2)cc1.Cl. The summed E-state index contributed by atoms with van der Waals surface area (Å²) in [6.07, 6.45) is 0. The molecule has 1 aromatic carbocycles. The number of anilines is 1. The van der Waals surface area contributed by atoms with Crippen molar-refractivity contribution in [1.29, 1.82) is 0 Å². The van der Waals surface area contributed by atoms with E-state index in [0.717, 1.165) is 0 Å². The molecular formula is C13H17ClN2O4. The van der Waals surface area contributed by atoms with Crippen LogP contribution in [0.3, 0.4) is 0 Å². The van der Waals surface area contributed by atoms with Crippen LogP contribution < -0.4 is 10.6 Å². The van der Waals surface area contributed by atoms with Crippen molar-refractivity contribution in [1.82, 2.24) is 5.32 Å². The minimum Gasteiger partial charge on any atom is -0.465 e. The molecule has 1 aliphatic heterocycles. The monoisotopic (exact) mass is 300 g/mol. The smallest absolute Gasteiger partial charge is 0.337 e. The van der Waals surface area contributed by atoms with Gasteiger partial charge in [0.2, 0.25) is 5.91 Å². The van der Waals surface area contributed by atoms with Crippen molar-refractivity contribution in [2.75, 3.05) is 32.2 Å². The predicted octanol–water partition coefficient (Wildman–Crippen LogP) is 0.822. The van der Waals surface area contributed by atoms with E-state index in [9.17, 15) is 9.59 Å². The van der Waals surface area contributed by atoms with Crippen LogP contribution in [-0.4, -0.2) is 44.8 Å². The molecule has 6 nitrogen and oxygen atoms in total. The summed E-state index contributed by atoms with van der Waals surface area (Å²) in [5.74, 6) is -0.550. The van der Waals surface area contributed by atoms with Gasteiger partial charge < -0.3 is 20.1 Å². The zero-order valence-corrected chi connectivity index (χ0v) is 11.9. The molecule has 0 aliphatic carbocycles. The van der Waals surface area contributed by atoms with Crippen LogP contribution in [0.15, 0.2) is 24.3 Å². The third-order valence-corrected chi connectivity index (χ3v) is 2.81. The average Bonchev–Trinajstić information content (AvgIpc) is 2.48. The standard InChI is InChI=1S/C13H16N2O4.ClH/c1-18-13(17)9-2-4-10(5-3-9)15-12(16)11-8-19-7-6-14-11;/h2-5,11,14H,6-8H2,1H3,(H,15,16);1H. The number of carbonyl (C=O) groups excluding carboxylic acids is 2. The van der Waals surface area contributed by atoms with E-state index in [1.54, 1.807) is 24.3 Å². The van der Waals surface area contributed by atoms with Gasteiger partial charge in [-0.1, -0.05) is 0 Å². The summed E-state index contributed by atoms with van der Waals surface area (Å²) in [6, 6.07) is 6.19. The molecule has 0 aromatic heterocycles. The lowest BCUT2D eigenvalue weighted by Crippen LogP contribution is -2.48. The third-order valence-electron chi connectivity index (χ3n) is 2.81. The highest BCUT2D eigenvalue weighted by Gasteiger charge is 2.21. The van der Waals surface area contributed by atoms with Crippen LogP contribution in [0.4, 0.5) is 5.69 Å². The fourth-order valence-corrected chi connectivity index (χ4v) is 1.77. The van der Waals surface area contributed by atoms with Crippen LogP contribution in [0.25, 0.3) is 0 Å². The van der Waals surface area contributed by atoms with Gasteiger partial charge >= 0.3 is 5.97 Å². The molecule has 20 heavy (non-hydrogen) atoms. The number of methoxy groups -OCH3 is 1. The molecule has 1 heterocycles. The summed E-state index contributed by atoms with van der Waals surface area (Å²) < 4.78 is 9.82. The van der Waals surface area contributed by atoms with Crippen molar-refractivity contribution in [3.8, 4) is 0 Å². The molecule has 1 aliphatic rings. The molecule has 1 amide bonds. The molecule has 0 saturated carbocycles. The number of carbonyl (C=O) groups is 2. The minimum atomic E-state index is -0.403. The summed E-state index contributed by atoms with van der Waals surface area (Å²) in [5, 5.41) is 5.83. The highest BCUT2D eigenvalue weighted by atomic mass is 35.5. The Morgan fingerprint density at radius 3 is 2.60 bits per heavy atom. The van der Waals surface area contributed by atoms with E-state index in [4.69, 9.17) is 4.74 Å². The maximum Gasteiger partial charge on any atom is 0.337 e. The molecule has 2 N–H and O–H groups in total. The minimum absolute atomic E-state index is 0. The second kappa shape index (κ2) is 7.84. The number of amides is 1. The molecule has 1 atom stereocenters. The van der Waals surface area contributed by atoms with Crippen LogP contribution in [0.1, 0.15) is 10.4 Å². The van der Waals surface area contributed by atoms with Crippen LogP contribution in [-0.2, 0) is 14.3 Å². The molecule has 1 aromatic rings. The first-order valence-electron chi connectivity index (χ1n) is 6.01. The van der Waals surface area contributed by atoms with Gasteiger partial charge in [-0.3, -0.25) is 4.79 Å². The van der Waals surface area contributed by atoms with Crippen LogP contribution in [0.2, 0.25) is 0 Å². The van der Waals surface area contributed by atoms with Gasteiger partial charge in [0.25, 0.3) is 0 Å². The van der Waals surface area contributed by atoms with E-state index in [-0.39, 0.29) is 24.4 Å². The fourth-order valence-electron chi connectivity index (χ4n) is 1.77. The number of ether oxygens (including phenoxy) is 2. The summed E-state index contributed by atoms with van der Waals surface area (Å²) in [5.41, 5.74) is 1.07. The highest BCUT2D eigenvalue weighted by Crippen LogP contribution is 2.11. The largest absolute Gasteiger partial charge is 0.465 e. The molecule has 1 unspecified atom stereocenters. The Labute approximate surface area is 123 Å². The number of nitrogens with one attached hydrogen (secondary N) is 2. The van der Waals surface area contributed by atoms with Gasteiger partial charge in [-0.2, -0.15) is 0 Å². The maximum absolute atomic E-state index is 11.9. The van der Waals surface area contributed by atoms with Crippen molar-refractivity contribution in [2.24, 2.45) is 0 Å². The molecule has 0 radical (unpaired) electrons. The number of halogens is 1. The van der Waals surface area contributed by atoms with Gasteiger partial charge in [-0.15, -0.1) is 12.4 Å². The first kappa shape index (κ1) is 16.4. The summed E-state index contributed by atoms with van der Waals surface area (Å²) in [4.78, 5) is 23.2. The van der Waals surface area contributed by atoms with E-state index in [0.29, 0.717) is 31.0 Å². The Kier molecular flexibility index (Phi) is 6.44. The molecule has 110 valence electrons. The van der Waals surface area contributed by atoms with E-state index in [1.807, 2.05) is 0 Å². The summed E-state index contributed by atoms with van der Waals surface area (Å²) in [6.45, 7) is 1.66. The summed E-state index contributed by atoms with van der Waals surface area (Å²) in [7, 11) is 1.33. The van der Waals surface area contributed by atoms with Crippen molar-refractivity contribution < 1.29 is 19.1 Å². The Bertz CT molecular complexity index is 458. The predicted molar refractivity (Wildman–Crippen MR) is 76.3 cm³/mol. The molecule has 2 rings (SSSR count). The molecular weight excluding hydrogens is 284 g/mol. The van der Waals surface area contributed by atoms with Crippen LogP contribution in [0.5, 0.6) is 0 Å². The fraction of sp³-hybridized carbons (Fsp3) is 0.385. The Morgan fingerprint density at radius 2 is 2.05 bits per heavy atom. The van der Waals surface area contributed by atoms with Gasteiger partial charge in [0, 0.05) is 12.2 Å². The van der Waals surface area contributed by atoms with Crippen LogP contribution >= 0.6 is 12.4 Å². The van der Waals surface area contributed by atoms with Gasteiger partial charge in [0.1, 0.15) is 6.04 Å². The van der Waals surface area contributed by atoms with E-state index < -0.39 is 5.97 Å². The second-order valence-corrected chi connectivity index (χ2v) is 4.14. The lowest BCUT2D eigenvalue weighted by atomic mass is 10.2. The number of rotatable bonds is 3. The Morgan fingerprint density at radius 1 is 1.35 bits per heavy atom. The first-order chi connectivity index (χ1) is 9.20. The normalized spacial score (nSPS) is 17.8. The van der Waals surface area contributed by atoms with E-state index in [2.05, 4.69) is 15.4 Å². The van der Waals surface area contributed by atoms with Crippen molar-refractivity contribution >= 4 is 30.0 Å². The molecule has 0 bridgehead atoms. The molecule has 1 saturated heterocycles. The number of hydrogen-bond acceptors (Lipinski definition) is 5. The number of hydrogen-bond donors (Lipinski definition) is 2. The molecule has 1 fully saturated rings. The lowest BCUT2D eigenvalue weighted by molar-refractivity contribution is -0.120. The average molecular weight is 301 g/mol. The van der Waals surface area contributed by atoms with Crippen LogP contribution in [0, 0.1) is 0 Å². The topological polar surface area (TPSA) is 76.7 Å². The first-order valence-corrected chi connectivity index (χ1v) is 6.01. The lowest BCUT2D eigenvalue weighted by Gasteiger charge is -2.22. The maximum atomic E-state index is 11.9. The van der Waals surface area contributed by atoms with E-state index >= 15 is 0 Å². The van der Waals surface area contributed by atoms with Gasteiger partial charge in [0.15, 0.2) is 0 Å². The Balaban J connectivity index is 0.00000200. The molecule has 0 spiro atoms. The zero-order valence-electron chi connectivity index (χ0n) is 11.0. The van der Waals surface area contributed by atoms with Crippen molar-refractivity contribution in [3.05, 3.63) is 29.8 Å². The number of esters is 1. The zero-order chi connectivity index (χ0) is 13.7.